The molecule has 148 valence electrons. The fourth-order valence-corrected chi connectivity index (χ4v) is 4.87. The Hall–Kier alpha value is -2.36. The summed E-state index contributed by atoms with van der Waals surface area (Å²) in [6.45, 7) is 2.88. The molecule has 2 saturated carbocycles. The lowest BCUT2D eigenvalue weighted by molar-refractivity contribution is -0.240. The maximum absolute atomic E-state index is 12.4. The predicted molar refractivity (Wildman–Crippen MR) is 94.8 cm³/mol. The Morgan fingerprint density at radius 1 is 1.33 bits per heavy atom. The lowest BCUT2D eigenvalue weighted by Crippen LogP contribution is -2.83. The van der Waals surface area contributed by atoms with Crippen molar-refractivity contribution in [1.29, 1.82) is 0 Å². The molecule has 0 aromatic heterocycles. The standard InChI is InChI=1S/C18H25N3O6/c1-9-4-3-5-11(22)13(9)14(23)27-8-16(25)7-12(19)18(21-15(20)24)10(2)6-17(16,18)26/h3-5,10,12,22,25-26H,6-8,19H2,1-2H3,(H3,20,21,24)/t10-,12+,16+,17+,18+/m1/s1. The maximum Gasteiger partial charge on any atom is 0.342 e. The third-order valence-electron chi connectivity index (χ3n) is 6.20. The number of hydrogen-bond donors (Lipinski definition) is 6. The minimum Gasteiger partial charge on any atom is -0.507 e. The molecule has 8 N–H and O–H groups in total. The quantitative estimate of drug-likeness (QED) is 0.383. The number of amides is 2. The van der Waals surface area contributed by atoms with Crippen molar-refractivity contribution >= 4 is 12.0 Å². The number of esters is 1. The molecule has 0 radical (unpaired) electrons. The molecule has 5 atom stereocenters. The zero-order valence-corrected chi connectivity index (χ0v) is 15.2. The van der Waals surface area contributed by atoms with E-state index in [1.54, 1.807) is 26.0 Å². The molecule has 27 heavy (non-hydrogen) atoms. The molecule has 3 rings (SSSR count). The summed E-state index contributed by atoms with van der Waals surface area (Å²) >= 11 is 0. The number of primary amides is 1. The van der Waals surface area contributed by atoms with Gasteiger partial charge in [0.05, 0.1) is 5.54 Å². The minimum atomic E-state index is -1.87. The summed E-state index contributed by atoms with van der Waals surface area (Å²) in [6.07, 6.45) is 0.0613. The Balaban J connectivity index is 1.83. The number of aliphatic hydroxyl groups is 2. The lowest BCUT2D eigenvalue weighted by Gasteiger charge is -2.61. The van der Waals surface area contributed by atoms with Crippen LogP contribution in [0.15, 0.2) is 18.2 Å². The van der Waals surface area contributed by atoms with E-state index in [-0.39, 0.29) is 30.1 Å². The van der Waals surface area contributed by atoms with Crippen molar-refractivity contribution in [1.82, 2.24) is 5.32 Å². The van der Waals surface area contributed by atoms with Gasteiger partial charge in [-0.3, -0.25) is 0 Å². The topological polar surface area (TPSA) is 168 Å². The third-order valence-corrected chi connectivity index (χ3v) is 6.20. The molecule has 2 amide bonds. The molecule has 0 saturated heterocycles. The van der Waals surface area contributed by atoms with Crippen LogP contribution in [0.3, 0.4) is 0 Å². The van der Waals surface area contributed by atoms with Crippen molar-refractivity contribution < 1.29 is 29.6 Å². The van der Waals surface area contributed by atoms with Crippen LogP contribution in [0.25, 0.3) is 0 Å². The van der Waals surface area contributed by atoms with E-state index < -0.39 is 41.4 Å². The van der Waals surface area contributed by atoms with Crippen LogP contribution in [0.1, 0.15) is 35.7 Å². The number of carbonyl (C=O) groups is 2. The van der Waals surface area contributed by atoms with E-state index in [1.807, 2.05) is 0 Å². The van der Waals surface area contributed by atoms with Gasteiger partial charge in [0.1, 0.15) is 29.1 Å². The molecule has 0 spiro atoms. The minimum absolute atomic E-state index is 0.0149. The summed E-state index contributed by atoms with van der Waals surface area (Å²) in [5.74, 6) is -1.30. The smallest absolute Gasteiger partial charge is 0.342 e. The highest BCUT2D eigenvalue weighted by Gasteiger charge is 2.79. The Labute approximate surface area is 156 Å². The number of nitrogens with two attached hydrogens (primary N) is 2. The highest BCUT2D eigenvalue weighted by atomic mass is 16.5. The Morgan fingerprint density at radius 2 is 2.00 bits per heavy atom. The number of nitrogens with one attached hydrogen (secondary N) is 1. The average molecular weight is 379 g/mol. The summed E-state index contributed by atoms with van der Waals surface area (Å²) in [4.78, 5) is 23.9. The molecule has 0 bridgehead atoms. The summed E-state index contributed by atoms with van der Waals surface area (Å²) in [5.41, 5.74) is 6.93. The van der Waals surface area contributed by atoms with E-state index in [1.165, 1.54) is 6.07 Å². The number of phenolic OH excluding ortho intramolecular Hbond substituents is 1. The second-order valence-electron chi connectivity index (χ2n) is 7.71. The number of carbonyl (C=O) groups excluding carboxylic acids is 2. The molecule has 2 fully saturated rings. The number of phenols is 1. The van der Waals surface area contributed by atoms with Crippen LogP contribution in [-0.2, 0) is 4.74 Å². The first-order chi connectivity index (χ1) is 12.5. The maximum atomic E-state index is 12.4. The Kier molecular flexibility index (Phi) is 4.37. The van der Waals surface area contributed by atoms with Crippen LogP contribution in [0.2, 0.25) is 0 Å². The monoisotopic (exact) mass is 379 g/mol. The van der Waals surface area contributed by atoms with E-state index in [9.17, 15) is 24.9 Å². The fourth-order valence-electron chi connectivity index (χ4n) is 4.87. The van der Waals surface area contributed by atoms with Crippen molar-refractivity contribution in [2.75, 3.05) is 6.61 Å². The molecule has 9 heteroatoms. The van der Waals surface area contributed by atoms with Crippen LogP contribution in [0.4, 0.5) is 4.79 Å². The van der Waals surface area contributed by atoms with Gasteiger partial charge in [-0.05, 0) is 37.3 Å². The summed E-state index contributed by atoms with van der Waals surface area (Å²) in [7, 11) is 0. The molecule has 1 aromatic carbocycles. The van der Waals surface area contributed by atoms with Crippen molar-refractivity contribution in [3.8, 4) is 5.75 Å². The molecule has 9 nitrogen and oxygen atoms in total. The van der Waals surface area contributed by atoms with Gasteiger partial charge >= 0.3 is 12.0 Å². The van der Waals surface area contributed by atoms with Gasteiger partial charge in [-0.2, -0.15) is 0 Å². The van der Waals surface area contributed by atoms with Gasteiger partial charge in [0.2, 0.25) is 0 Å². The fraction of sp³-hybridized carbons (Fsp3) is 0.556. The second-order valence-corrected chi connectivity index (χ2v) is 7.71. The zero-order chi connectivity index (χ0) is 20.2. The van der Waals surface area contributed by atoms with E-state index in [4.69, 9.17) is 16.2 Å². The van der Waals surface area contributed by atoms with Gasteiger partial charge in [-0.1, -0.05) is 19.1 Å². The molecular weight excluding hydrogens is 354 g/mol. The van der Waals surface area contributed by atoms with Crippen LogP contribution >= 0.6 is 0 Å². The highest BCUT2D eigenvalue weighted by molar-refractivity contribution is 5.94. The number of urea groups is 1. The zero-order valence-electron chi connectivity index (χ0n) is 15.2. The van der Waals surface area contributed by atoms with Crippen LogP contribution in [0.5, 0.6) is 5.75 Å². The summed E-state index contributed by atoms with van der Waals surface area (Å²) in [6, 6.07) is 2.94. The van der Waals surface area contributed by atoms with Gasteiger partial charge in [0, 0.05) is 6.04 Å². The SMILES string of the molecule is Cc1cccc(O)c1C(=O)OC[C@@]1(O)C[C@H](N)[C@@]2(NC(N)=O)[C@H](C)C[C@]12O. The lowest BCUT2D eigenvalue weighted by atomic mass is 9.53. The first kappa shape index (κ1) is 19.4. The molecule has 0 aliphatic heterocycles. The van der Waals surface area contributed by atoms with Crippen molar-refractivity contribution in [2.45, 2.75) is 49.5 Å². The number of aryl methyl sites for hydroxylation is 1. The second kappa shape index (κ2) is 6.08. The number of fused-ring (bicyclic) bond motifs is 1. The number of hydrogen-bond acceptors (Lipinski definition) is 7. The Bertz CT molecular complexity index is 781. The number of rotatable bonds is 4. The molecule has 2 aliphatic rings. The van der Waals surface area contributed by atoms with Crippen molar-refractivity contribution in [3.63, 3.8) is 0 Å². The van der Waals surface area contributed by atoms with Gasteiger partial charge in [0.15, 0.2) is 0 Å². The van der Waals surface area contributed by atoms with Gasteiger partial charge in [-0.25, -0.2) is 9.59 Å². The highest BCUT2D eigenvalue weighted by Crippen LogP contribution is 2.61. The van der Waals surface area contributed by atoms with E-state index >= 15 is 0 Å². The van der Waals surface area contributed by atoms with Gasteiger partial charge in [-0.15, -0.1) is 0 Å². The predicted octanol–water partition coefficient (Wildman–Crippen LogP) is -0.502. The molecule has 0 heterocycles. The van der Waals surface area contributed by atoms with E-state index in [0.29, 0.717) is 5.56 Å². The normalized spacial score (nSPS) is 37.2. The molecular formula is C18H25N3O6. The first-order valence-corrected chi connectivity index (χ1v) is 8.72. The van der Waals surface area contributed by atoms with Crippen molar-refractivity contribution in [3.05, 3.63) is 29.3 Å². The van der Waals surface area contributed by atoms with E-state index in [0.717, 1.165) is 0 Å². The molecule has 0 unspecified atom stereocenters. The van der Waals surface area contributed by atoms with E-state index in [2.05, 4.69) is 5.32 Å². The van der Waals surface area contributed by atoms with Crippen LogP contribution < -0.4 is 16.8 Å². The number of ether oxygens (including phenoxy) is 1. The summed E-state index contributed by atoms with van der Waals surface area (Å²) in [5, 5.41) is 34.6. The summed E-state index contributed by atoms with van der Waals surface area (Å²) < 4.78 is 5.22. The molecule has 2 aliphatic carbocycles. The van der Waals surface area contributed by atoms with Gasteiger partial charge < -0.3 is 36.8 Å². The average Bonchev–Trinajstić information content (AvgIpc) is 2.68. The number of aromatic hydroxyl groups is 1. The van der Waals surface area contributed by atoms with Crippen molar-refractivity contribution in [2.24, 2.45) is 17.4 Å². The number of benzene rings is 1. The van der Waals surface area contributed by atoms with Crippen LogP contribution in [-0.4, -0.2) is 56.7 Å². The largest absolute Gasteiger partial charge is 0.507 e. The first-order valence-electron chi connectivity index (χ1n) is 8.72. The molecule has 1 aromatic rings. The van der Waals surface area contributed by atoms with Gasteiger partial charge in [0.25, 0.3) is 0 Å². The van der Waals surface area contributed by atoms with Crippen LogP contribution in [0, 0.1) is 12.8 Å². The Morgan fingerprint density at radius 3 is 2.56 bits per heavy atom. The third kappa shape index (κ3) is 2.49.